The third-order valence-corrected chi connectivity index (χ3v) is 5.43. The molecule has 1 N–H and O–H groups in total. The van der Waals surface area contributed by atoms with E-state index in [0.717, 1.165) is 0 Å². The number of sulfonamides is 1. The Hall–Kier alpha value is -3.09. The van der Waals surface area contributed by atoms with Gasteiger partial charge in [-0.3, -0.25) is 4.79 Å². The Morgan fingerprint density at radius 1 is 1.19 bits per heavy atom. The zero-order valence-electron chi connectivity index (χ0n) is 14.5. The summed E-state index contributed by atoms with van der Waals surface area (Å²) in [5, 5.41) is 8.85. The van der Waals surface area contributed by atoms with Gasteiger partial charge in [0, 0.05) is 31.8 Å². The maximum Gasteiger partial charge on any atom is 0.240 e. The molecule has 1 amide bonds. The molecular formula is C18H17N3O5S. The summed E-state index contributed by atoms with van der Waals surface area (Å²) in [5.41, 5.74) is 1.06. The lowest BCUT2D eigenvalue weighted by Crippen LogP contribution is -2.37. The van der Waals surface area contributed by atoms with Crippen LogP contribution >= 0.6 is 0 Å². The molecule has 8 nitrogen and oxygen atoms in total. The second kappa shape index (κ2) is 7.65. The lowest BCUT2D eigenvalue weighted by Gasteiger charge is -2.21. The van der Waals surface area contributed by atoms with Crippen molar-refractivity contribution in [1.29, 1.82) is 5.26 Å². The molecule has 1 aliphatic rings. The average molecular weight is 387 g/mol. The van der Waals surface area contributed by atoms with E-state index in [1.165, 1.54) is 30.0 Å². The van der Waals surface area contributed by atoms with E-state index in [2.05, 4.69) is 4.72 Å². The second-order valence-electron chi connectivity index (χ2n) is 5.74. The van der Waals surface area contributed by atoms with Gasteiger partial charge in [-0.15, -0.1) is 0 Å². The second-order valence-corrected chi connectivity index (χ2v) is 7.51. The first-order valence-corrected chi connectivity index (χ1v) is 9.56. The normalized spacial score (nSPS) is 12.4. The summed E-state index contributed by atoms with van der Waals surface area (Å²) in [6.45, 7) is 1.62. The molecule has 1 aliphatic heterocycles. The maximum absolute atomic E-state index is 12.5. The number of anilines is 1. The highest BCUT2D eigenvalue weighted by molar-refractivity contribution is 7.89. The van der Waals surface area contributed by atoms with Gasteiger partial charge in [-0.2, -0.15) is 5.26 Å². The third-order valence-electron chi connectivity index (χ3n) is 3.97. The average Bonchev–Trinajstić information content (AvgIpc) is 3.13. The maximum atomic E-state index is 12.5. The molecule has 9 heteroatoms. The fourth-order valence-corrected chi connectivity index (χ4v) is 3.64. The van der Waals surface area contributed by atoms with Crippen LogP contribution in [0.3, 0.4) is 0 Å². The van der Waals surface area contributed by atoms with Gasteiger partial charge in [0.1, 0.15) is 0 Å². The van der Waals surface area contributed by atoms with Crippen molar-refractivity contribution in [2.75, 3.05) is 24.8 Å². The van der Waals surface area contributed by atoms with Crippen LogP contribution in [0.4, 0.5) is 5.69 Å². The van der Waals surface area contributed by atoms with E-state index in [4.69, 9.17) is 14.7 Å². The van der Waals surface area contributed by atoms with Crippen LogP contribution in [-0.4, -0.2) is 34.2 Å². The molecule has 0 bridgehead atoms. The summed E-state index contributed by atoms with van der Waals surface area (Å²) in [7, 11) is -3.76. The largest absolute Gasteiger partial charge is 0.454 e. The van der Waals surface area contributed by atoms with Crippen molar-refractivity contribution in [2.24, 2.45) is 0 Å². The summed E-state index contributed by atoms with van der Waals surface area (Å²) in [6, 6.07) is 12.9. The van der Waals surface area contributed by atoms with Crippen LogP contribution in [0.15, 0.2) is 47.4 Å². The van der Waals surface area contributed by atoms with Crippen LogP contribution in [0.5, 0.6) is 11.5 Å². The molecule has 0 saturated carbocycles. The standard InChI is InChI=1S/C18H17N3O5S/c1-13(22)21(15-4-2-14(11-19)3-5-15)9-8-20-27(23,24)16-6-7-17-18(10-16)26-12-25-17/h2-7,10,20H,8-9,12H2,1H3. The molecule has 140 valence electrons. The van der Waals surface area contributed by atoms with Crippen LogP contribution in [0.1, 0.15) is 12.5 Å². The van der Waals surface area contributed by atoms with Crippen molar-refractivity contribution in [3.05, 3.63) is 48.0 Å². The number of benzene rings is 2. The first-order chi connectivity index (χ1) is 12.9. The van der Waals surface area contributed by atoms with Crippen molar-refractivity contribution in [1.82, 2.24) is 4.72 Å². The van der Waals surface area contributed by atoms with Gasteiger partial charge in [0.25, 0.3) is 0 Å². The quantitative estimate of drug-likeness (QED) is 0.807. The monoisotopic (exact) mass is 387 g/mol. The first kappa shape index (κ1) is 18.7. The predicted molar refractivity (Wildman–Crippen MR) is 96.9 cm³/mol. The van der Waals surface area contributed by atoms with E-state index < -0.39 is 10.0 Å². The highest BCUT2D eigenvalue weighted by atomic mass is 32.2. The van der Waals surface area contributed by atoms with E-state index in [1.807, 2.05) is 6.07 Å². The molecule has 0 aromatic heterocycles. The third kappa shape index (κ3) is 4.19. The fourth-order valence-electron chi connectivity index (χ4n) is 2.60. The molecule has 2 aromatic carbocycles. The topological polar surface area (TPSA) is 109 Å². The lowest BCUT2D eigenvalue weighted by molar-refractivity contribution is -0.116. The zero-order valence-corrected chi connectivity index (χ0v) is 15.3. The van der Waals surface area contributed by atoms with E-state index in [-0.39, 0.29) is 30.7 Å². The molecule has 27 heavy (non-hydrogen) atoms. The number of nitrogens with one attached hydrogen (secondary N) is 1. The van der Waals surface area contributed by atoms with Gasteiger partial charge in [0.2, 0.25) is 22.7 Å². The van der Waals surface area contributed by atoms with Crippen molar-refractivity contribution >= 4 is 21.6 Å². The number of amides is 1. The summed E-state index contributed by atoms with van der Waals surface area (Å²) >= 11 is 0. The summed E-state index contributed by atoms with van der Waals surface area (Å²) < 4.78 is 37.8. The van der Waals surface area contributed by atoms with Gasteiger partial charge in [0.15, 0.2) is 11.5 Å². The van der Waals surface area contributed by atoms with Gasteiger partial charge in [-0.05, 0) is 36.4 Å². The Kier molecular flexibility index (Phi) is 5.30. The number of fused-ring (bicyclic) bond motifs is 1. The zero-order chi connectivity index (χ0) is 19.4. The van der Waals surface area contributed by atoms with E-state index in [0.29, 0.717) is 22.7 Å². The number of hydrogen-bond acceptors (Lipinski definition) is 6. The van der Waals surface area contributed by atoms with Gasteiger partial charge >= 0.3 is 0 Å². The molecule has 0 atom stereocenters. The Balaban J connectivity index is 1.67. The van der Waals surface area contributed by atoms with Crippen LogP contribution in [0, 0.1) is 11.3 Å². The number of nitriles is 1. The molecule has 1 heterocycles. The first-order valence-electron chi connectivity index (χ1n) is 8.08. The molecule has 0 fully saturated rings. The van der Waals surface area contributed by atoms with E-state index >= 15 is 0 Å². The molecule has 0 radical (unpaired) electrons. The number of hydrogen-bond donors (Lipinski definition) is 1. The minimum Gasteiger partial charge on any atom is -0.454 e. The van der Waals surface area contributed by atoms with Crippen molar-refractivity contribution in [3.8, 4) is 17.6 Å². The summed E-state index contributed by atoms with van der Waals surface area (Å²) in [5.74, 6) is 0.639. The molecule has 2 aromatic rings. The summed E-state index contributed by atoms with van der Waals surface area (Å²) in [6.07, 6.45) is 0. The Bertz CT molecular complexity index is 997. The fraction of sp³-hybridized carbons (Fsp3) is 0.222. The number of ether oxygens (including phenoxy) is 2. The number of nitrogens with zero attached hydrogens (tertiary/aromatic N) is 2. The molecule has 0 saturated heterocycles. The molecule has 3 rings (SSSR count). The van der Waals surface area contributed by atoms with Crippen LogP contribution < -0.4 is 19.1 Å². The van der Waals surface area contributed by atoms with Gasteiger partial charge < -0.3 is 14.4 Å². The van der Waals surface area contributed by atoms with E-state index in [9.17, 15) is 13.2 Å². The Morgan fingerprint density at radius 3 is 2.56 bits per heavy atom. The highest BCUT2D eigenvalue weighted by Crippen LogP contribution is 2.33. The molecule has 0 spiro atoms. The SMILES string of the molecule is CC(=O)N(CCNS(=O)(=O)c1ccc2c(c1)OCO2)c1ccc(C#N)cc1. The van der Waals surface area contributed by atoms with Crippen molar-refractivity contribution in [3.63, 3.8) is 0 Å². The number of carbonyl (C=O) groups excluding carboxylic acids is 1. The smallest absolute Gasteiger partial charge is 0.240 e. The Labute approximate surface area is 157 Å². The Morgan fingerprint density at radius 2 is 1.89 bits per heavy atom. The van der Waals surface area contributed by atoms with Gasteiger partial charge in [-0.1, -0.05) is 0 Å². The number of carbonyl (C=O) groups is 1. The lowest BCUT2D eigenvalue weighted by atomic mass is 10.2. The van der Waals surface area contributed by atoms with Crippen LogP contribution in [-0.2, 0) is 14.8 Å². The van der Waals surface area contributed by atoms with Gasteiger partial charge in [-0.25, -0.2) is 13.1 Å². The number of rotatable bonds is 6. The van der Waals surface area contributed by atoms with Crippen LogP contribution in [0.2, 0.25) is 0 Å². The predicted octanol–water partition coefficient (Wildman–Crippen LogP) is 1.62. The molecular weight excluding hydrogens is 370 g/mol. The van der Waals surface area contributed by atoms with E-state index in [1.54, 1.807) is 24.3 Å². The van der Waals surface area contributed by atoms with Crippen LogP contribution in [0.25, 0.3) is 0 Å². The van der Waals surface area contributed by atoms with Crippen molar-refractivity contribution < 1.29 is 22.7 Å². The van der Waals surface area contributed by atoms with Gasteiger partial charge in [0.05, 0.1) is 16.5 Å². The molecule has 0 aliphatic carbocycles. The minimum absolute atomic E-state index is 0.0242. The minimum atomic E-state index is -3.76. The highest BCUT2D eigenvalue weighted by Gasteiger charge is 2.20. The van der Waals surface area contributed by atoms with Crippen molar-refractivity contribution in [2.45, 2.75) is 11.8 Å². The summed E-state index contributed by atoms with van der Waals surface area (Å²) in [4.78, 5) is 13.4. The molecule has 0 unspecified atom stereocenters.